The molecule has 0 N–H and O–H groups in total. The summed E-state index contributed by atoms with van der Waals surface area (Å²) in [5.74, 6) is 0. The van der Waals surface area contributed by atoms with Crippen LogP contribution in [-0.2, 0) is 21.1 Å². The van der Waals surface area contributed by atoms with Crippen LogP contribution in [0.2, 0.25) is 5.02 Å². The van der Waals surface area contributed by atoms with Gasteiger partial charge in [0.05, 0.1) is 22.9 Å². The second kappa shape index (κ2) is 8.91. The van der Waals surface area contributed by atoms with Crippen LogP contribution in [0, 0.1) is 6.92 Å². The molecule has 0 bridgehead atoms. The Morgan fingerprint density at radius 3 is 2.47 bits per heavy atom. The molecule has 0 unspecified atom stereocenters. The van der Waals surface area contributed by atoms with E-state index in [0.29, 0.717) is 16.4 Å². The molecule has 8 nitrogen and oxygen atoms in total. The van der Waals surface area contributed by atoms with Crippen molar-refractivity contribution in [2.45, 2.75) is 49.9 Å². The third-order valence-electron chi connectivity index (χ3n) is 4.35. The number of para-hydroxylation sites is 1. The van der Waals surface area contributed by atoms with E-state index in [1.165, 1.54) is 27.9 Å². The highest BCUT2D eigenvalue weighted by Crippen LogP contribution is 2.27. The van der Waals surface area contributed by atoms with Gasteiger partial charge in [0, 0.05) is 19.3 Å². The van der Waals surface area contributed by atoms with Gasteiger partial charge in [-0.3, -0.25) is 0 Å². The molecule has 1 aromatic carbocycles. The van der Waals surface area contributed by atoms with Crippen LogP contribution in [0.15, 0.2) is 58.7 Å². The first-order chi connectivity index (χ1) is 14.9. The van der Waals surface area contributed by atoms with Gasteiger partial charge in [-0.2, -0.15) is 5.10 Å². The lowest BCUT2D eigenvalue weighted by Gasteiger charge is -2.24. The standard InChI is InChI=1S/C22H25ClN4O4S/c1-15-10-11-19(24-13-15)32(29,30)20-12-16(14-26(5)21(28)31-22(2,3)4)25-27(20)18-9-7-6-8-17(18)23/h6-13H,14H2,1-5H3. The van der Waals surface area contributed by atoms with Gasteiger partial charge in [-0.1, -0.05) is 29.8 Å². The van der Waals surface area contributed by atoms with Crippen molar-refractivity contribution in [3.05, 3.63) is 64.9 Å². The van der Waals surface area contributed by atoms with Gasteiger partial charge in [0.2, 0.25) is 9.84 Å². The van der Waals surface area contributed by atoms with Gasteiger partial charge >= 0.3 is 6.09 Å². The summed E-state index contributed by atoms with van der Waals surface area (Å²) < 4.78 is 33.4. The van der Waals surface area contributed by atoms with Crippen molar-refractivity contribution >= 4 is 27.5 Å². The molecule has 0 aliphatic heterocycles. The predicted molar refractivity (Wildman–Crippen MR) is 121 cm³/mol. The summed E-state index contributed by atoms with van der Waals surface area (Å²) in [5.41, 5.74) is 0.923. The van der Waals surface area contributed by atoms with E-state index in [9.17, 15) is 13.2 Å². The van der Waals surface area contributed by atoms with E-state index in [4.69, 9.17) is 16.3 Å². The van der Waals surface area contributed by atoms with Crippen LogP contribution in [-0.4, -0.2) is 46.8 Å². The van der Waals surface area contributed by atoms with Crippen molar-refractivity contribution in [3.63, 3.8) is 0 Å². The number of carbonyl (C=O) groups is 1. The summed E-state index contributed by atoms with van der Waals surface area (Å²) in [6, 6.07) is 11.3. The smallest absolute Gasteiger partial charge is 0.410 e. The van der Waals surface area contributed by atoms with Crippen LogP contribution < -0.4 is 0 Å². The Morgan fingerprint density at radius 1 is 1.19 bits per heavy atom. The average molecular weight is 477 g/mol. The lowest BCUT2D eigenvalue weighted by molar-refractivity contribution is 0.0283. The average Bonchev–Trinajstić information content (AvgIpc) is 3.11. The van der Waals surface area contributed by atoms with Crippen molar-refractivity contribution < 1.29 is 17.9 Å². The number of amides is 1. The molecular formula is C22H25ClN4O4S. The maximum Gasteiger partial charge on any atom is 0.410 e. The number of benzene rings is 1. The molecule has 0 aliphatic rings. The fraction of sp³-hybridized carbons (Fsp3) is 0.318. The number of halogens is 1. The number of aromatic nitrogens is 3. The van der Waals surface area contributed by atoms with E-state index < -0.39 is 21.5 Å². The quantitative estimate of drug-likeness (QED) is 0.540. The van der Waals surface area contributed by atoms with Crippen LogP contribution in [0.25, 0.3) is 5.69 Å². The second-order valence-electron chi connectivity index (χ2n) is 8.35. The molecule has 1 amide bonds. The SMILES string of the molecule is Cc1ccc(S(=O)(=O)c2cc(CN(C)C(=O)OC(C)(C)C)nn2-c2ccccc2Cl)nc1. The Bertz CT molecular complexity index is 1230. The van der Waals surface area contributed by atoms with Crippen molar-refractivity contribution in [1.82, 2.24) is 19.7 Å². The van der Waals surface area contributed by atoms with Crippen molar-refractivity contribution in [1.29, 1.82) is 0 Å². The number of rotatable bonds is 5. The molecule has 32 heavy (non-hydrogen) atoms. The van der Waals surface area contributed by atoms with Gasteiger partial charge in [0.15, 0.2) is 10.1 Å². The van der Waals surface area contributed by atoms with Gasteiger partial charge in [-0.05, 0) is 51.5 Å². The minimum absolute atomic E-state index is 0.0379. The fourth-order valence-corrected chi connectivity index (χ4v) is 4.37. The monoisotopic (exact) mass is 476 g/mol. The van der Waals surface area contributed by atoms with E-state index in [2.05, 4.69) is 10.1 Å². The Balaban J connectivity index is 2.06. The maximum atomic E-state index is 13.4. The number of nitrogens with zero attached hydrogens (tertiary/aromatic N) is 4. The number of carbonyl (C=O) groups excluding carboxylic acids is 1. The van der Waals surface area contributed by atoms with Crippen molar-refractivity contribution in [2.24, 2.45) is 0 Å². The van der Waals surface area contributed by atoms with Crippen LogP contribution in [0.4, 0.5) is 4.79 Å². The molecule has 0 saturated carbocycles. The predicted octanol–water partition coefficient (Wildman–Crippen LogP) is 4.43. The maximum absolute atomic E-state index is 13.4. The molecule has 0 radical (unpaired) electrons. The zero-order valence-corrected chi connectivity index (χ0v) is 20.1. The summed E-state index contributed by atoms with van der Waals surface area (Å²) in [6.45, 7) is 7.16. The summed E-state index contributed by atoms with van der Waals surface area (Å²) in [4.78, 5) is 17.7. The first-order valence-corrected chi connectivity index (χ1v) is 11.7. The normalized spacial score (nSPS) is 11.9. The third kappa shape index (κ3) is 5.28. The topological polar surface area (TPSA) is 94.4 Å². The summed E-state index contributed by atoms with van der Waals surface area (Å²) >= 11 is 6.33. The van der Waals surface area contributed by atoms with E-state index in [-0.39, 0.29) is 16.6 Å². The molecule has 0 atom stereocenters. The molecule has 0 fully saturated rings. The van der Waals surface area contributed by atoms with E-state index in [1.807, 2.05) is 6.92 Å². The lowest BCUT2D eigenvalue weighted by atomic mass is 10.2. The minimum atomic E-state index is -4.02. The highest BCUT2D eigenvalue weighted by atomic mass is 35.5. The number of sulfone groups is 1. The third-order valence-corrected chi connectivity index (χ3v) is 6.30. The minimum Gasteiger partial charge on any atom is -0.444 e. The largest absolute Gasteiger partial charge is 0.444 e. The van der Waals surface area contributed by atoms with Gasteiger partial charge < -0.3 is 9.64 Å². The van der Waals surface area contributed by atoms with Crippen molar-refractivity contribution in [2.75, 3.05) is 7.05 Å². The number of hydrogen-bond acceptors (Lipinski definition) is 6. The molecule has 3 aromatic rings. The van der Waals surface area contributed by atoms with Gasteiger partial charge in [0.1, 0.15) is 5.60 Å². The van der Waals surface area contributed by atoms with E-state index in [0.717, 1.165) is 5.56 Å². The number of hydrogen-bond donors (Lipinski definition) is 0. The Hall–Kier alpha value is -2.91. The van der Waals surface area contributed by atoms with Gasteiger partial charge in [0.25, 0.3) is 0 Å². The summed E-state index contributed by atoms with van der Waals surface area (Å²) in [6.07, 6.45) is 0.940. The molecule has 10 heteroatoms. The number of pyridine rings is 1. The zero-order chi connectivity index (χ0) is 23.7. The van der Waals surface area contributed by atoms with Gasteiger partial charge in [-0.25, -0.2) is 22.9 Å². The van der Waals surface area contributed by atoms with Crippen molar-refractivity contribution in [3.8, 4) is 5.69 Å². The first-order valence-electron chi connectivity index (χ1n) is 9.84. The molecule has 3 rings (SSSR count). The van der Waals surface area contributed by atoms with Crippen LogP contribution in [0.5, 0.6) is 0 Å². The van der Waals surface area contributed by atoms with Crippen LogP contribution in [0.3, 0.4) is 0 Å². The molecule has 2 heterocycles. The number of ether oxygens (including phenoxy) is 1. The fourth-order valence-electron chi connectivity index (χ4n) is 2.84. The highest BCUT2D eigenvalue weighted by molar-refractivity contribution is 7.91. The Labute approximate surface area is 192 Å². The van der Waals surface area contributed by atoms with Crippen LogP contribution in [0.1, 0.15) is 32.0 Å². The molecule has 2 aromatic heterocycles. The lowest BCUT2D eigenvalue weighted by Crippen LogP contribution is -2.33. The zero-order valence-electron chi connectivity index (χ0n) is 18.5. The number of aryl methyl sites for hydroxylation is 1. The van der Waals surface area contributed by atoms with E-state index >= 15 is 0 Å². The summed E-state index contributed by atoms with van der Waals surface area (Å²) in [5, 5.41) is 4.56. The Kier molecular flexibility index (Phi) is 6.61. The van der Waals surface area contributed by atoms with Crippen LogP contribution >= 0.6 is 11.6 Å². The molecular weight excluding hydrogens is 452 g/mol. The summed E-state index contributed by atoms with van der Waals surface area (Å²) in [7, 11) is -2.47. The Morgan fingerprint density at radius 2 is 1.88 bits per heavy atom. The van der Waals surface area contributed by atoms with Gasteiger partial charge in [-0.15, -0.1) is 0 Å². The van der Waals surface area contributed by atoms with E-state index in [1.54, 1.807) is 58.2 Å². The second-order valence-corrected chi connectivity index (χ2v) is 10.6. The highest BCUT2D eigenvalue weighted by Gasteiger charge is 2.28. The molecule has 0 saturated heterocycles. The first kappa shape index (κ1) is 23.7. The molecule has 0 spiro atoms. The molecule has 0 aliphatic carbocycles. The molecule has 170 valence electrons.